The van der Waals surface area contributed by atoms with Gasteiger partial charge in [-0.2, -0.15) is 0 Å². The molecule has 0 spiro atoms. The van der Waals surface area contributed by atoms with E-state index in [9.17, 15) is 0 Å². The Kier molecular flexibility index (Phi) is 3.18. The van der Waals surface area contributed by atoms with E-state index in [2.05, 4.69) is 30.7 Å². The second-order valence-electron chi connectivity index (χ2n) is 4.29. The standard InChI is InChI=1S/C11H16N2/c1-11(2,3)9-12-8-10-6-4-5-7-13-10/h4-8H,9H2,1-3H3. The van der Waals surface area contributed by atoms with Crippen LogP contribution in [0.15, 0.2) is 29.4 Å². The van der Waals surface area contributed by atoms with E-state index >= 15 is 0 Å². The molecule has 0 saturated heterocycles. The number of aliphatic imine (C=N–C) groups is 1. The summed E-state index contributed by atoms with van der Waals surface area (Å²) in [6, 6.07) is 5.82. The molecule has 2 nitrogen and oxygen atoms in total. The highest BCUT2D eigenvalue weighted by atomic mass is 14.8. The van der Waals surface area contributed by atoms with Crippen molar-refractivity contribution in [3.8, 4) is 0 Å². The number of pyridine rings is 1. The van der Waals surface area contributed by atoms with Crippen molar-refractivity contribution in [1.82, 2.24) is 4.98 Å². The normalized spacial score (nSPS) is 12.2. The minimum Gasteiger partial charge on any atom is -0.290 e. The Labute approximate surface area is 79.7 Å². The van der Waals surface area contributed by atoms with Gasteiger partial charge in [0.15, 0.2) is 0 Å². The van der Waals surface area contributed by atoms with Crippen LogP contribution >= 0.6 is 0 Å². The number of hydrogen-bond acceptors (Lipinski definition) is 2. The molecule has 0 aliphatic heterocycles. The maximum absolute atomic E-state index is 4.33. The van der Waals surface area contributed by atoms with Gasteiger partial charge in [-0.25, -0.2) is 0 Å². The molecule has 0 unspecified atom stereocenters. The minimum absolute atomic E-state index is 0.255. The quantitative estimate of drug-likeness (QED) is 0.636. The monoisotopic (exact) mass is 176 g/mol. The molecule has 2 heteroatoms. The Hall–Kier alpha value is -1.18. The van der Waals surface area contributed by atoms with Gasteiger partial charge in [-0.05, 0) is 17.5 Å². The molecule has 0 bridgehead atoms. The fourth-order valence-electron chi connectivity index (χ4n) is 0.865. The highest BCUT2D eigenvalue weighted by Gasteiger charge is 2.07. The fraction of sp³-hybridized carbons (Fsp3) is 0.455. The molecule has 0 atom stereocenters. The Morgan fingerprint density at radius 3 is 2.69 bits per heavy atom. The number of hydrogen-bond donors (Lipinski definition) is 0. The lowest BCUT2D eigenvalue weighted by Gasteiger charge is -2.13. The lowest BCUT2D eigenvalue weighted by Crippen LogP contribution is -2.09. The SMILES string of the molecule is CC(C)(C)CN=Cc1ccccn1. The van der Waals surface area contributed by atoms with Crippen molar-refractivity contribution < 1.29 is 0 Å². The van der Waals surface area contributed by atoms with E-state index in [1.54, 1.807) is 6.20 Å². The van der Waals surface area contributed by atoms with Crippen molar-refractivity contribution in [1.29, 1.82) is 0 Å². The van der Waals surface area contributed by atoms with Crippen molar-refractivity contribution in [3.63, 3.8) is 0 Å². The van der Waals surface area contributed by atoms with Crippen LogP contribution in [0.4, 0.5) is 0 Å². The van der Waals surface area contributed by atoms with Gasteiger partial charge in [-0.1, -0.05) is 26.8 Å². The van der Waals surface area contributed by atoms with Crippen LogP contribution in [0.25, 0.3) is 0 Å². The second kappa shape index (κ2) is 4.17. The maximum atomic E-state index is 4.33. The van der Waals surface area contributed by atoms with Crippen LogP contribution in [0.1, 0.15) is 26.5 Å². The molecule has 0 aliphatic rings. The van der Waals surface area contributed by atoms with Crippen molar-refractivity contribution >= 4 is 6.21 Å². The highest BCUT2D eigenvalue weighted by molar-refractivity contribution is 5.76. The van der Waals surface area contributed by atoms with E-state index in [1.807, 2.05) is 24.4 Å². The molecule has 1 aromatic heterocycles. The molecule has 0 fully saturated rings. The van der Waals surface area contributed by atoms with Crippen LogP contribution in [-0.4, -0.2) is 17.7 Å². The van der Waals surface area contributed by atoms with Crippen LogP contribution < -0.4 is 0 Å². The molecule has 0 aliphatic carbocycles. The average molecular weight is 176 g/mol. The Bertz CT molecular complexity index is 270. The molecule has 1 heterocycles. The van der Waals surface area contributed by atoms with Crippen LogP contribution in [0.2, 0.25) is 0 Å². The van der Waals surface area contributed by atoms with Gasteiger partial charge in [0.2, 0.25) is 0 Å². The molecule has 70 valence electrons. The van der Waals surface area contributed by atoms with Gasteiger partial charge in [0.1, 0.15) is 0 Å². The minimum atomic E-state index is 0.255. The summed E-state index contributed by atoms with van der Waals surface area (Å²) in [5.74, 6) is 0. The van der Waals surface area contributed by atoms with Gasteiger partial charge < -0.3 is 0 Å². The first kappa shape index (κ1) is 9.90. The van der Waals surface area contributed by atoms with E-state index in [1.165, 1.54) is 0 Å². The van der Waals surface area contributed by atoms with Gasteiger partial charge in [0.05, 0.1) is 5.69 Å². The summed E-state index contributed by atoms with van der Waals surface area (Å²) in [5, 5.41) is 0. The first-order chi connectivity index (χ1) is 6.08. The van der Waals surface area contributed by atoms with E-state index < -0.39 is 0 Å². The first-order valence-electron chi connectivity index (χ1n) is 4.49. The van der Waals surface area contributed by atoms with Crippen LogP contribution in [0.3, 0.4) is 0 Å². The average Bonchev–Trinajstić information content (AvgIpc) is 2.04. The number of rotatable bonds is 2. The zero-order chi connectivity index (χ0) is 9.73. The summed E-state index contributed by atoms with van der Waals surface area (Å²) in [7, 11) is 0. The predicted molar refractivity (Wildman–Crippen MR) is 56.2 cm³/mol. The lowest BCUT2D eigenvalue weighted by molar-refractivity contribution is 0.430. The van der Waals surface area contributed by atoms with Crippen molar-refractivity contribution in [2.45, 2.75) is 20.8 Å². The summed E-state index contributed by atoms with van der Waals surface area (Å²) < 4.78 is 0. The van der Waals surface area contributed by atoms with Gasteiger partial charge in [0, 0.05) is 19.0 Å². The van der Waals surface area contributed by atoms with E-state index in [0.29, 0.717) is 0 Å². The van der Waals surface area contributed by atoms with Gasteiger partial charge >= 0.3 is 0 Å². The van der Waals surface area contributed by atoms with E-state index in [4.69, 9.17) is 0 Å². The molecular formula is C11H16N2. The third-order valence-corrected chi connectivity index (χ3v) is 1.48. The molecule has 0 N–H and O–H groups in total. The molecule has 0 amide bonds. The molecular weight excluding hydrogens is 160 g/mol. The summed E-state index contributed by atoms with van der Waals surface area (Å²) in [6.45, 7) is 7.35. The largest absolute Gasteiger partial charge is 0.290 e. The van der Waals surface area contributed by atoms with E-state index in [-0.39, 0.29) is 5.41 Å². The van der Waals surface area contributed by atoms with Crippen molar-refractivity contribution in [2.75, 3.05) is 6.54 Å². The van der Waals surface area contributed by atoms with Crippen molar-refractivity contribution in [3.05, 3.63) is 30.1 Å². The molecule has 13 heavy (non-hydrogen) atoms. The van der Waals surface area contributed by atoms with Crippen LogP contribution in [-0.2, 0) is 0 Å². The summed E-state index contributed by atoms with van der Waals surface area (Å²) in [4.78, 5) is 8.47. The summed E-state index contributed by atoms with van der Waals surface area (Å²) >= 11 is 0. The zero-order valence-electron chi connectivity index (χ0n) is 8.49. The summed E-state index contributed by atoms with van der Waals surface area (Å²) in [6.07, 6.45) is 3.60. The molecule has 1 rings (SSSR count). The third-order valence-electron chi connectivity index (χ3n) is 1.48. The molecule has 0 radical (unpaired) electrons. The summed E-state index contributed by atoms with van der Waals surface area (Å²) in [5.41, 5.74) is 1.18. The Morgan fingerprint density at radius 2 is 2.15 bits per heavy atom. The topological polar surface area (TPSA) is 25.2 Å². The second-order valence-corrected chi connectivity index (χ2v) is 4.29. The predicted octanol–water partition coefficient (Wildman–Crippen LogP) is 2.55. The fourth-order valence-corrected chi connectivity index (χ4v) is 0.865. The Balaban J connectivity index is 2.51. The molecule has 0 aromatic carbocycles. The van der Waals surface area contributed by atoms with Gasteiger partial charge in [-0.3, -0.25) is 9.98 Å². The number of aromatic nitrogens is 1. The van der Waals surface area contributed by atoms with E-state index in [0.717, 1.165) is 12.2 Å². The smallest absolute Gasteiger partial charge is 0.0807 e. The lowest BCUT2D eigenvalue weighted by atomic mass is 9.97. The van der Waals surface area contributed by atoms with Gasteiger partial charge in [-0.15, -0.1) is 0 Å². The zero-order valence-corrected chi connectivity index (χ0v) is 8.49. The van der Waals surface area contributed by atoms with Gasteiger partial charge in [0.25, 0.3) is 0 Å². The highest BCUT2D eigenvalue weighted by Crippen LogP contribution is 2.12. The maximum Gasteiger partial charge on any atom is 0.0807 e. The van der Waals surface area contributed by atoms with Crippen LogP contribution in [0.5, 0.6) is 0 Å². The number of nitrogens with zero attached hydrogens (tertiary/aromatic N) is 2. The molecule has 0 saturated carbocycles. The third kappa shape index (κ3) is 4.41. The Morgan fingerprint density at radius 1 is 1.38 bits per heavy atom. The van der Waals surface area contributed by atoms with Crippen LogP contribution in [0, 0.1) is 5.41 Å². The first-order valence-corrected chi connectivity index (χ1v) is 4.49. The van der Waals surface area contributed by atoms with Crippen molar-refractivity contribution in [2.24, 2.45) is 10.4 Å². The molecule has 1 aromatic rings.